The number of rotatable bonds is 5. The van der Waals surface area contributed by atoms with Crippen LogP contribution >= 0.6 is 0 Å². The van der Waals surface area contributed by atoms with Crippen LogP contribution in [0.3, 0.4) is 0 Å². The topological polar surface area (TPSA) is 41.5 Å². The quantitative estimate of drug-likeness (QED) is 0.826. The highest BCUT2D eigenvalue weighted by Crippen LogP contribution is 2.30. The standard InChI is InChI=1S/C14H23NO2/c1-9(2)15-8-13(16)12-7-6-10(3)11(4)14(12)17-5/h6-7,9,13,15-16H,8H2,1-5H3. The molecule has 1 aromatic rings. The van der Waals surface area contributed by atoms with Gasteiger partial charge in [0, 0.05) is 18.2 Å². The molecule has 0 spiro atoms. The highest BCUT2D eigenvalue weighted by molar-refractivity contribution is 5.46. The summed E-state index contributed by atoms with van der Waals surface area (Å²) < 4.78 is 5.40. The Bertz CT molecular complexity index is 375. The van der Waals surface area contributed by atoms with Crippen LogP contribution in [0.5, 0.6) is 5.75 Å². The lowest BCUT2D eigenvalue weighted by molar-refractivity contribution is 0.167. The van der Waals surface area contributed by atoms with Gasteiger partial charge in [0.1, 0.15) is 5.75 Å². The molecule has 1 rings (SSSR count). The second kappa shape index (κ2) is 6.03. The molecule has 3 heteroatoms. The first-order valence-corrected chi connectivity index (χ1v) is 6.03. The normalized spacial score (nSPS) is 12.9. The van der Waals surface area contributed by atoms with Crippen molar-refractivity contribution in [1.29, 1.82) is 0 Å². The highest BCUT2D eigenvalue weighted by Gasteiger charge is 2.16. The molecule has 0 saturated heterocycles. The maximum Gasteiger partial charge on any atom is 0.127 e. The van der Waals surface area contributed by atoms with Gasteiger partial charge in [0.15, 0.2) is 0 Å². The van der Waals surface area contributed by atoms with Gasteiger partial charge in [-0.25, -0.2) is 0 Å². The molecule has 0 aliphatic rings. The molecule has 1 unspecified atom stereocenters. The average molecular weight is 237 g/mol. The van der Waals surface area contributed by atoms with Crippen LogP contribution in [0.4, 0.5) is 0 Å². The largest absolute Gasteiger partial charge is 0.496 e. The summed E-state index contributed by atoms with van der Waals surface area (Å²) in [5.74, 6) is 0.794. The Labute approximate surface area is 104 Å². The summed E-state index contributed by atoms with van der Waals surface area (Å²) in [6.07, 6.45) is -0.536. The van der Waals surface area contributed by atoms with Crippen molar-refractivity contribution in [2.24, 2.45) is 0 Å². The fraction of sp³-hybridized carbons (Fsp3) is 0.571. The number of methoxy groups -OCH3 is 1. The van der Waals surface area contributed by atoms with Crippen molar-refractivity contribution in [2.75, 3.05) is 13.7 Å². The number of aliphatic hydroxyl groups is 1. The van der Waals surface area contributed by atoms with E-state index >= 15 is 0 Å². The Morgan fingerprint density at radius 1 is 1.29 bits per heavy atom. The molecule has 1 aromatic carbocycles. The molecule has 0 fully saturated rings. The van der Waals surface area contributed by atoms with Crippen molar-refractivity contribution in [3.8, 4) is 5.75 Å². The molecule has 3 nitrogen and oxygen atoms in total. The van der Waals surface area contributed by atoms with Crippen molar-refractivity contribution in [3.05, 3.63) is 28.8 Å². The minimum Gasteiger partial charge on any atom is -0.496 e. The van der Waals surface area contributed by atoms with Crippen LogP contribution in [0.15, 0.2) is 12.1 Å². The monoisotopic (exact) mass is 237 g/mol. The third-order valence-electron chi connectivity index (χ3n) is 2.99. The summed E-state index contributed by atoms with van der Waals surface area (Å²) in [5.41, 5.74) is 3.12. The molecule has 0 bridgehead atoms. The summed E-state index contributed by atoms with van der Waals surface area (Å²) in [6.45, 7) is 8.71. The highest BCUT2D eigenvalue weighted by atomic mass is 16.5. The zero-order valence-corrected chi connectivity index (χ0v) is 11.4. The minimum absolute atomic E-state index is 0.363. The lowest BCUT2D eigenvalue weighted by Gasteiger charge is -2.19. The Morgan fingerprint density at radius 2 is 1.94 bits per heavy atom. The van der Waals surface area contributed by atoms with Crippen molar-refractivity contribution >= 4 is 0 Å². The lowest BCUT2D eigenvalue weighted by atomic mass is 10.0. The van der Waals surface area contributed by atoms with Gasteiger partial charge in [0.25, 0.3) is 0 Å². The van der Waals surface area contributed by atoms with Gasteiger partial charge < -0.3 is 15.2 Å². The van der Waals surface area contributed by atoms with Crippen molar-refractivity contribution in [3.63, 3.8) is 0 Å². The van der Waals surface area contributed by atoms with Gasteiger partial charge in [0.05, 0.1) is 13.2 Å². The fourth-order valence-electron chi connectivity index (χ4n) is 1.80. The van der Waals surface area contributed by atoms with E-state index < -0.39 is 6.10 Å². The first-order chi connectivity index (χ1) is 7.97. The maximum absolute atomic E-state index is 10.2. The van der Waals surface area contributed by atoms with Gasteiger partial charge >= 0.3 is 0 Å². The third kappa shape index (κ3) is 3.45. The maximum atomic E-state index is 10.2. The average Bonchev–Trinajstić information content (AvgIpc) is 2.29. The smallest absolute Gasteiger partial charge is 0.127 e. The summed E-state index contributed by atoms with van der Waals surface area (Å²) in [7, 11) is 1.65. The van der Waals surface area contributed by atoms with Crippen LogP contribution in [-0.2, 0) is 0 Å². The zero-order chi connectivity index (χ0) is 13.0. The number of nitrogens with one attached hydrogen (secondary N) is 1. The third-order valence-corrected chi connectivity index (χ3v) is 2.99. The van der Waals surface area contributed by atoms with Gasteiger partial charge in [-0.1, -0.05) is 26.0 Å². The zero-order valence-electron chi connectivity index (χ0n) is 11.4. The molecule has 96 valence electrons. The predicted octanol–water partition coefficient (Wildman–Crippen LogP) is 2.34. The Balaban J connectivity index is 2.93. The number of hydrogen-bond acceptors (Lipinski definition) is 3. The molecule has 0 heterocycles. The van der Waals surface area contributed by atoms with Crippen molar-refractivity contribution < 1.29 is 9.84 Å². The second-order valence-corrected chi connectivity index (χ2v) is 4.71. The van der Waals surface area contributed by atoms with E-state index in [-0.39, 0.29) is 0 Å². The van der Waals surface area contributed by atoms with E-state index in [0.29, 0.717) is 12.6 Å². The Morgan fingerprint density at radius 3 is 2.47 bits per heavy atom. The van der Waals surface area contributed by atoms with E-state index in [1.54, 1.807) is 7.11 Å². The van der Waals surface area contributed by atoms with Crippen LogP contribution in [0.2, 0.25) is 0 Å². The van der Waals surface area contributed by atoms with Gasteiger partial charge in [-0.2, -0.15) is 0 Å². The molecule has 1 atom stereocenters. The number of ether oxygens (including phenoxy) is 1. The minimum atomic E-state index is -0.536. The van der Waals surface area contributed by atoms with Crippen molar-refractivity contribution in [2.45, 2.75) is 39.8 Å². The molecule has 0 aliphatic carbocycles. The van der Waals surface area contributed by atoms with Gasteiger partial charge in [-0.05, 0) is 25.0 Å². The van der Waals surface area contributed by atoms with Crippen LogP contribution in [0, 0.1) is 13.8 Å². The van der Waals surface area contributed by atoms with E-state index in [2.05, 4.69) is 19.2 Å². The van der Waals surface area contributed by atoms with Gasteiger partial charge in [-0.3, -0.25) is 0 Å². The van der Waals surface area contributed by atoms with Crippen LogP contribution in [0.25, 0.3) is 0 Å². The van der Waals surface area contributed by atoms with E-state index in [0.717, 1.165) is 16.9 Å². The summed E-state index contributed by atoms with van der Waals surface area (Å²) in [4.78, 5) is 0. The lowest BCUT2D eigenvalue weighted by Crippen LogP contribution is -2.28. The van der Waals surface area contributed by atoms with E-state index in [1.807, 2.05) is 26.0 Å². The molecule has 0 radical (unpaired) electrons. The molecular weight excluding hydrogens is 214 g/mol. The number of aliphatic hydroxyl groups excluding tert-OH is 1. The molecule has 0 saturated carbocycles. The molecule has 17 heavy (non-hydrogen) atoms. The fourth-order valence-corrected chi connectivity index (χ4v) is 1.80. The molecule has 2 N–H and O–H groups in total. The van der Waals surface area contributed by atoms with Crippen LogP contribution in [0.1, 0.15) is 36.6 Å². The summed E-state index contributed by atoms with van der Waals surface area (Å²) >= 11 is 0. The summed E-state index contributed by atoms with van der Waals surface area (Å²) in [6, 6.07) is 4.32. The van der Waals surface area contributed by atoms with Gasteiger partial charge in [-0.15, -0.1) is 0 Å². The SMILES string of the molecule is COc1c(C(O)CNC(C)C)ccc(C)c1C. The Hall–Kier alpha value is -1.06. The first kappa shape index (κ1) is 14.0. The second-order valence-electron chi connectivity index (χ2n) is 4.71. The van der Waals surface area contributed by atoms with E-state index in [1.165, 1.54) is 5.56 Å². The van der Waals surface area contributed by atoms with Crippen LogP contribution < -0.4 is 10.1 Å². The van der Waals surface area contributed by atoms with Crippen LogP contribution in [-0.4, -0.2) is 24.8 Å². The van der Waals surface area contributed by atoms with E-state index in [9.17, 15) is 5.11 Å². The summed E-state index contributed by atoms with van der Waals surface area (Å²) in [5, 5.41) is 13.4. The first-order valence-electron chi connectivity index (χ1n) is 6.03. The Kier molecular flexibility index (Phi) is 4.97. The molecule has 0 aliphatic heterocycles. The van der Waals surface area contributed by atoms with E-state index in [4.69, 9.17) is 4.74 Å². The molecule has 0 amide bonds. The van der Waals surface area contributed by atoms with Crippen molar-refractivity contribution in [1.82, 2.24) is 5.32 Å². The van der Waals surface area contributed by atoms with Gasteiger partial charge in [0.2, 0.25) is 0 Å². The number of benzene rings is 1. The predicted molar refractivity (Wildman–Crippen MR) is 70.6 cm³/mol. The molecular formula is C14H23NO2. The number of hydrogen-bond donors (Lipinski definition) is 2. The molecule has 0 aromatic heterocycles. The number of aryl methyl sites for hydroxylation is 1.